The van der Waals surface area contributed by atoms with Crippen molar-refractivity contribution in [3.63, 3.8) is 0 Å². The summed E-state index contributed by atoms with van der Waals surface area (Å²) in [6, 6.07) is 9.87. The first-order valence-electron chi connectivity index (χ1n) is 9.39. The minimum atomic E-state index is -0.757. The highest BCUT2D eigenvalue weighted by Crippen LogP contribution is 2.19. The highest BCUT2D eigenvalue weighted by Gasteiger charge is 2.27. The maximum atomic E-state index is 13.7. The van der Waals surface area contributed by atoms with Crippen molar-refractivity contribution in [2.45, 2.75) is 13.0 Å². The Balaban J connectivity index is 1.33. The number of aromatic nitrogens is 4. The monoisotopic (exact) mass is 396 g/mol. The summed E-state index contributed by atoms with van der Waals surface area (Å²) in [7, 11) is 0. The van der Waals surface area contributed by atoms with Gasteiger partial charge in [0.25, 0.3) is 5.91 Å². The molecule has 0 radical (unpaired) electrons. The fraction of sp³-hybridized carbons (Fsp3) is 0.300. The van der Waals surface area contributed by atoms with Crippen molar-refractivity contribution in [1.29, 1.82) is 0 Å². The lowest BCUT2D eigenvalue weighted by molar-refractivity contribution is -0.138. The number of carbonyl (C=O) groups excluding carboxylic acids is 1. The molecule has 1 saturated heterocycles. The van der Waals surface area contributed by atoms with Crippen LogP contribution in [0.25, 0.3) is 5.82 Å². The van der Waals surface area contributed by atoms with Gasteiger partial charge in [-0.2, -0.15) is 0 Å². The van der Waals surface area contributed by atoms with E-state index in [-0.39, 0.29) is 11.7 Å². The van der Waals surface area contributed by atoms with Crippen LogP contribution in [0.5, 0.6) is 5.75 Å². The molecular weight excluding hydrogens is 375 g/mol. The Morgan fingerprint density at radius 2 is 1.79 bits per heavy atom. The van der Waals surface area contributed by atoms with E-state index < -0.39 is 11.9 Å². The summed E-state index contributed by atoms with van der Waals surface area (Å²) in [4.78, 5) is 20.5. The third-order valence-electron chi connectivity index (χ3n) is 4.81. The number of piperazine rings is 1. The van der Waals surface area contributed by atoms with Gasteiger partial charge in [-0.05, 0) is 31.2 Å². The number of imidazole rings is 1. The predicted octanol–water partition coefficient (Wildman–Crippen LogP) is 1.92. The molecule has 1 fully saturated rings. The van der Waals surface area contributed by atoms with Gasteiger partial charge in [0, 0.05) is 38.6 Å². The molecular formula is C20H21FN6O2. The van der Waals surface area contributed by atoms with Crippen molar-refractivity contribution in [1.82, 2.24) is 24.6 Å². The summed E-state index contributed by atoms with van der Waals surface area (Å²) >= 11 is 0. The highest BCUT2D eigenvalue weighted by molar-refractivity contribution is 5.81. The fourth-order valence-corrected chi connectivity index (χ4v) is 3.21. The SMILES string of the molecule is C[C@@H](Oc1ccccc1F)C(=O)N1CCN(c2ccc(-n3ccnc3)nn2)CC1. The zero-order chi connectivity index (χ0) is 20.2. The average Bonchev–Trinajstić information content (AvgIpc) is 3.30. The van der Waals surface area contributed by atoms with Crippen LogP contribution in [0, 0.1) is 5.82 Å². The van der Waals surface area contributed by atoms with Crippen LogP contribution >= 0.6 is 0 Å². The van der Waals surface area contributed by atoms with Gasteiger partial charge in [0.2, 0.25) is 0 Å². The third kappa shape index (κ3) is 4.18. The van der Waals surface area contributed by atoms with Gasteiger partial charge in [-0.1, -0.05) is 12.1 Å². The Morgan fingerprint density at radius 1 is 1.07 bits per heavy atom. The number of anilines is 1. The number of halogens is 1. The molecule has 3 aromatic rings. The van der Waals surface area contributed by atoms with Gasteiger partial charge in [-0.3, -0.25) is 9.36 Å². The maximum Gasteiger partial charge on any atom is 0.263 e. The molecule has 29 heavy (non-hydrogen) atoms. The van der Waals surface area contributed by atoms with Crippen LogP contribution in [0.1, 0.15) is 6.92 Å². The minimum absolute atomic E-state index is 0.0836. The molecule has 1 aromatic carbocycles. The zero-order valence-corrected chi connectivity index (χ0v) is 16.0. The molecule has 8 nitrogen and oxygen atoms in total. The van der Waals surface area contributed by atoms with E-state index in [9.17, 15) is 9.18 Å². The largest absolute Gasteiger partial charge is 0.478 e. The second-order valence-electron chi connectivity index (χ2n) is 6.72. The number of benzene rings is 1. The normalized spacial score (nSPS) is 15.2. The van der Waals surface area contributed by atoms with Crippen molar-refractivity contribution in [3.8, 4) is 11.6 Å². The summed E-state index contributed by atoms with van der Waals surface area (Å²) in [5.74, 6) is 0.903. The lowest BCUT2D eigenvalue weighted by Crippen LogP contribution is -2.52. The lowest BCUT2D eigenvalue weighted by Gasteiger charge is -2.36. The number of ether oxygens (including phenoxy) is 1. The van der Waals surface area contributed by atoms with E-state index in [0.29, 0.717) is 32.0 Å². The molecule has 1 aliphatic rings. The summed E-state index contributed by atoms with van der Waals surface area (Å²) in [5, 5.41) is 8.52. The van der Waals surface area contributed by atoms with E-state index in [0.717, 1.165) is 5.82 Å². The van der Waals surface area contributed by atoms with Crippen LogP contribution in [-0.2, 0) is 4.79 Å². The van der Waals surface area contributed by atoms with Crippen LogP contribution in [-0.4, -0.2) is 62.8 Å². The Labute approximate surface area is 167 Å². The highest BCUT2D eigenvalue weighted by atomic mass is 19.1. The minimum Gasteiger partial charge on any atom is -0.478 e. The van der Waals surface area contributed by atoms with Crippen LogP contribution in [0.3, 0.4) is 0 Å². The first-order chi connectivity index (χ1) is 14.1. The van der Waals surface area contributed by atoms with Crippen LogP contribution < -0.4 is 9.64 Å². The van der Waals surface area contributed by atoms with Gasteiger partial charge in [0.05, 0.1) is 0 Å². The van der Waals surface area contributed by atoms with E-state index in [2.05, 4.69) is 20.1 Å². The summed E-state index contributed by atoms with van der Waals surface area (Å²) in [6.45, 7) is 3.99. The Kier molecular flexibility index (Phi) is 5.37. The van der Waals surface area contributed by atoms with E-state index in [1.807, 2.05) is 12.1 Å². The van der Waals surface area contributed by atoms with Crippen molar-refractivity contribution in [2.75, 3.05) is 31.1 Å². The van der Waals surface area contributed by atoms with Crippen molar-refractivity contribution in [2.24, 2.45) is 0 Å². The van der Waals surface area contributed by atoms with Gasteiger partial charge in [0.1, 0.15) is 6.33 Å². The number of nitrogens with zero attached hydrogens (tertiary/aromatic N) is 6. The van der Waals surface area contributed by atoms with E-state index in [1.165, 1.54) is 12.1 Å². The lowest BCUT2D eigenvalue weighted by atomic mass is 10.2. The molecule has 1 aliphatic heterocycles. The van der Waals surface area contributed by atoms with E-state index >= 15 is 0 Å². The predicted molar refractivity (Wildman–Crippen MR) is 104 cm³/mol. The molecule has 0 spiro atoms. The maximum absolute atomic E-state index is 13.7. The number of hydrogen-bond acceptors (Lipinski definition) is 6. The molecule has 0 bridgehead atoms. The first kappa shape index (κ1) is 18.9. The molecule has 2 aromatic heterocycles. The second-order valence-corrected chi connectivity index (χ2v) is 6.72. The Hall–Kier alpha value is -3.49. The van der Waals surface area contributed by atoms with Crippen molar-refractivity contribution < 1.29 is 13.9 Å². The molecule has 3 heterocycles. The van der Waals surface area contributed by atoms with Gasteiger partial charge < -0.3 is 14.5 Å². The Bertz CT molecular complexity index is 955. The molecule has 0 aliphatic carbocycles. The smallest absolute Gasteiger partial charge is 0.263 e. The van der Waals surface area contributed by atoms with Gasteiger partial charge in [-0.25, -0.2) is 9.37 Å². The van der Waals surface area contributed by atoms with Crippen LogP contribution in [0.15, 0.2) is 55.1 Å². The van der Waals surface area contributed by atoms with Crippen molar-refractivity contribution >= 4 is 11.7 Å². The summed E-state index contributed by atoms with van der Waals surface area (Å²) in [6.07, 6.45) is 4.40. The number of hydrogen-bond donors (Lipinski definition) is 0. The topological polar surface area (TPSA) is 76.4 Å². The molecule has 150 valence electrons. The molecule has 0 N–H and O–H groups in total. The number of carbonyl (C=O) groups is 1. The third-order valence-corrected chi connectivity index (χ3v) is 4.81. The average molecular weight is 396 g/mol. The molecule has 0 unspecified atom stereocenters. The molecule has 0 saturated carbocycles. The quantitative estimate of drug-likeness (QED) is 0.656. The standard InChI is InChI=1S/C20H21FN6O2/c1-15(29-17-5-3-2-4-16(17)21)20(28)26-12-10-25(11-13-26)18-6-7-19(24-23-18)27-9-8-22-14-27/h2-9,14-15H,10-13H2,1H3/t15-/m1/s1. The zero-order valence-electron chi connectivity index (χ0n) is 16.0. The molecule has 4 rings (SSSR count). The van der Waals surface area contributed by atoms with Gasteiger partial charge in [-0.15, -0.1) is 10.2 Å². The molecule has 1 atom stereocenters. The van der Waals surface area contributed by atoms with Gasteiger partial charge >= 0.3 is 0 Å². The fourth-order valence-electron chi connectivity index (χ4n) is 3.21. The van der Waals surface area contributed by atoms with Gasteiger partial charge in [0.15, 0.2) is 29.3 Å². The van der Waals surface area contributed by atoms with E-state index in [1.54, 1.807) is 47.2 Å². The summed E-state index contributed by atoms with van der Waals surface area (Å²) < 4.78 is 21.0. The van der Waals surface area contributed by atoms with Crippen LogP contribution in [0.4, 0.5) is 10.2 Å². The molecule has 1 amide bonds. The second kappa shape index (κ2) is 8.26. The number of para-hydroxylation sites is 1. The number of amides is 1. The Morgan fingerprint density at radius 3 is 2.45 bits per heavy atom. The first-order valence-corrected chi connectivity index (χ1v) is 9.39. The van der Waals surface area contributed by atoms with Crippen molar-refractivity contribution in [3.05, 3.63) is 60.9 Å². The van der Waals surface area contributed by atoms with E-state index in [4.69, 9.17) is 4.74 Å². The van der Waals surface area contributed by atoms with Crippen LogP contribution in [0.2, 0.25) is 0 Å². The summed E-state index contributed by atoms with van der Waals surface area (Å²) in [5.41, 5.74) is 0. The molecule has 9 heteroatoms. The number of rotatable bonds is 5.